The maximum Gasteiger partial charge on any atom is 0.128 e. The van der Waals surface area contributed by atoms with Crippen LogP contribution in [0.2, 0.25) is 0 Å². The van der Waals surface area contributed by atoms with Gasteiger partial charge >= 0.3 is 0 Å². The first kappa shape index (κ1) is 11.9. The minimum absolute atomic E-state index is 0.573. The van der Waals surface area contributed by atoms with Crippen LogP contribution in [0, 0.1) is 18.3 Å². The van der Waals surface area contributed by atoms with E-state index in [0.29, 0.717) is 17.0 Å². The van der Waals surface area contributed by atoms with Crippen molar-refractivity contribution in [3.05, 3.63) is 41.6 Å². The first-order valence-corrected chi connectivity index (χ1v) is 5.46. The van der Waals surface area contributed by atoms with Gasteiger partial charge < -0.3 is 10.5 Å². The molecule has 0 fully saturated rings. The summed E-state index contributed by atoms with van der Waals surface area (Å²) < 4.78 is 5.30. The largest absolute Gasteiger partial charge is 0.496 e. The van der Waals surface area contributed by atoms with Crippen LogP contribution in [0.3, 0.4) is 0 Å². The number of nitrogens with zero attached hydrogens (tertiary/aromatic N) is 2. The van der Waals surface area contributed by atoms with E-state index in [4.69, 9.17) is 15.7 Å². The lowest BCUT2D eigenvalue weighted by Gasteiger charge is -2.10. The molecule has 0 aliphatic rings. The first-order chi connectivity index (χ1) is 8.65. The second kappa shape index (κ2) is 4.76. The smallest absolute Gasteiger partial charge is 0.128 e. The number of ether oxygens (including phenoxy) is 1. The highest BCUT2D eigenvalue weighted by atomic mass is 16.5. The number of benzene rings is 1. The molecule has 1 aromatic carbocycles. The molecular formula is C14H13N3O. The molecule has 4 heteroatoms. The summed E-state index contributed by atoms with van der Waals surface area (Å²) in [5, 5.41) is 8.95. The number of nitrogens with two attached hydrogens (primary N) is 1. The van der Waals surface area contributed by atoms with Gasteiger partial charge in [0.05, 0.1) is 36.3 Å². The second-order valence-electron chi connectivity index (χ2n) is 3.96. The van der Waals surface area contributed by atoms with E-state index >= 15 is 0 Å². The molecule has 0 unspecified atom stereocenters. The number of hydrogen-bond acceptors (Lipinski definition) is 4. The standard InChI is InChI=1S/C14H13N3O/c1-9-5-11(16)8-17-14(9)12-6-10(7-15)3-4-13(12)18-2/h3-6,8H,16H2,1-2H3. The number of methoxy groups -OCH3 is 1. The van der Waals surface area contributed by atoms with Gasteiger partial charge in [0.1, 0.15) is 5.75 Å². The van der Waals surface area contributed by atoms with Crippen LogP contribution in [0.5, 0.6) is 5.75 Å². The summed E-state index contributed by atoms with van der Waals surface area (Å²) in [6.45, 7) is 1.93. The predicted molar refractivity (Wildman–Crippen MR) is 70.1 cm³/mol. The van der Waals surface area contributed by atoms with Crippen molar-refractivity contribution in [2.75, 3.05) is 12.8 Å². The van der Waals surface area contributed by atoms with E-state index in [9.17, 15) is 0 Å². The summed E-state index contributed by atoms with van der Waals surface area (Å²) in [7, 11) is 1.59. The van der Waals surface area contributed by atoms with E-state index in [1.165, 1.54) is 0 Å². The van der Waals surface area contributed by atoms with Crippen LogP contribution >= 0.6 is 0 Å². The summed E-state index contributed by atoms with van der Waals surface area (Å²) >= 11 is 0. The Morgan fingerprint density at radius 2 is 2.11 bits per heavy atom. The number of aryl methyl sites for hydroxylation is 1. The molecule has 0 aliphatic heterocycles. The number of nitriles is 1. The number of nitrogen functional groups attached to an aromatic ring is 1. The Kier molecular flexibility index (Phi) is 3.16. The molecule has 4 nitrogen and oxygen atoms in total. The molecule has 0 spiro atoms. The Bertz CT molecular complexity index is 629. The summed E-state index contributed by atoms with van der Waals surface area (Å²) in [4.78, 5) is 4.32. The minimum Gasteiger partial charge on any atom is -0.496 e. The molecule has 0 aliphatic carbocycles. The van der Waals surface area contributed by atoms with Crippen LogP contribution in [-0.2, 0) is 0 Å². The molecule has 0 atom stereocenters. The number of hydrogen-bond donors (Lipinski definition) is 1. The zero-order valence-corrected chi connectivity index (χ0v) is 10.3. The van der Waals surface area contributed by atoms with E-state index in [1.54, 1.807) is 31.5 Å². The topological polar surface area (TPSA) is 71.9 Å². The van der Waals surface area contributed by atoms with Gasteiger partial charge in [-0.3, -0.25) is 4.98 Å². The molecule has 2 aromatic rings. The third-order valence-corrected chi connectivity index (χ3v) is 2.68. The van der Waals surface area contributed by atoms with E-state index in [2.05, 4.69) is 11.1 Å². The molecule has 0 bridgehead atoms. The van der Waals surface area contributed by atoms with Gasteiger partial charge in [-0.15, -0.1) is 0 Å². The Morgan fingerprint density at radius 1 is 1.33 bits per heavy atom. The number of pyridine rings is 1. The molecule has 2 rings (SSSR count). The van der Waals surface area contributed by atoms with E-state index in [0.717, 1.165) is 16.8 Å². The highest BCUT2D eigenvalue weighted by molar-refractivity contribution is 5.72. The molecular weight excluding hydrogens is 226 g/mol. The van der Waals surface area contributed by atoms with Crippen molar-refractivity contribution in [3.63, 3.8) is 0 Å². The van der Waals surface area contributed by atoms with Crippen LogP contribution in [0.1, 0.15) is 11.1 Å². The molecule has 1 aromatic heterocycles. The molecule has 2 N–H and O–H groups in total. The van der Waals surface area contributed by atoms with Crippen LogP contribution < -0.4 is 10.5 Å². The van der Waals surface area contributed by atoms with Crippen LogP contribution in [0.4, 0.5) is 5.69 Å². The fourth-order valence-electron chi connectivity index (χ4n) is 1.84. The zero-order valence-electron chi connectivity index (χ0n) is 10.3. The maximum absolute atomic E-state index is 8.95. The van der Waals surface area contributed by atoms with Crippen molar-refractivity contribution in [3.8, 4) is 23.1 Å². The Labute approximate surface area is 106 Å². The quantitative estimate of drug-likeness (QED) is 0.874. The van der Waals surface area contributed by atoms with Crippen LogP contribution in [0.25, 0.3) is 11.3 Å². The van der Waals surface area contributed by atoms with E-state index in [1.807, 2.05) is 13.0 Å². The summed E-state index contributed by atoms with van der Waals surface area (Å²) in [6.07, 6.45) is 1.60. The third-order valence-electron chi connectivity index (χ3n) is 2.68. The summed E-state index contributed by atoms with van der Waals surface area (Å²) in [6, 6.07) is 9.21. The monoisotopic (exact) mass is 239 g/mol. The minimum atomic E-state index is 0.573. The van der Waals surface area contributed by atoms with Gasteiger partial charge in [-0.2, -0.15) is 5.26 Å². The zero-order chi connectivity index (χ0) is 13.1. The lowest BCUT2D eigenvalue weighted by molar-refractivity contribution is 0.416. The average molecular weight is 239 g/mol. The fraction of sp³-hybridized carbons (Fsp3) is 0.143. The lowest BCUT2D eigenvalue weighted by Crippen LogP contribution is -1.95. The van der Waals surface area contributed by atoms with Crippen molar-refractivity contribution >= 4 is 5.69 Å². The lowest BCUT2D eigenvalue weighted by atomic mass is 10.0. The molecule has 0 amide bonds. The predicted octanol–water partition coefficient (Wildman–Crippen LogP) is 2.52. The Morgan fingerprint density at radius 3 is 2.72 bits per heavy atom. The molecule has 90 valence electrons. The highest BCUT2D eigenvalue weighted by Crippen LogP contribution is 2.31. The normalized spacial score (nSPS) is 9.83. The maximum atomic E-state index is 8.95. The van der Waals surface area contributed by atoms with Crippen molar-refractivity contribution in [2.45, 2.75) is 6.92 Å². The van der Waals surface area contributed by atoms with E-state index < -0.39 is 0 Å². The van der Waals surface area contributed by atoms with Gasteiger partial charge in [-0.25, -0.2) is 0 Å². The van der Waals surface area contributed by atoms with Crippen LogP contribution in [0.15, 0.2) is 30.5 Å². The van der Waals surface area contributed by atoms with Crippen molar-refractivity contribution in [1.29, 1.82) is 5.26 Å². The Hall–Kier alpha value is -2.54. The number of anilines is 1. The SMILES string of the molecule is COc1ccc(C#N)cc1-c1ncc(N)cc1C. The van der Waals surface area contributed by atoms with Crippen molar-refractivity contribution < 1.29 is 4.74 Å². The molecule has 18 heavy (non-hydrogen) atoms. The third kappa shape index (κ3) is 2.11. The van der Waals surface area contributed by atoms with Gasteiger partial charge in [0.2, 0.25) is 0 Å². The first-order valence-electron chi connectivity index (χ1n) is 5.46. The van der Waals surface area contributed by atoms with Crippen molar-refractivity contribution in [1.82, 2.24) is 4.98 Å². The number of rotatable bonds is 2. The van der Waals surface area contributed by atoms with Gasteiger partial charge in [-0.1, -0.05) is 0 Å². The van der Waals surface area contributed by atoms with Crippen molar-refractivity contribution in [2.24, 2.45) is 0 Å². The van der Waals surface area contributed by atoms with E-state index in [-0.39, 0.29) is 0 Å². The van der Waals surface area contributed by atoms with Gasteiger partial charge in [0.25, 0.3) is 0 Å². The van der Waals surface area contributed by atoms with Gasteiger partial charge in [0, 0.05) is 5.56 Å². The highest BCUT2D eigenvalue weighted by Gasteiger charge is 2.11. The fourth-order valence-corrected chi connectivity index (χ4v) is 1.84. The van der Waals surface area contributed by atoms with Crippen LogP contribution in [-0.4, -0.2) is 12.1 Å². The number of aromatic nitrogens is 1. The summed E-state index contributed by atoms with van der Waals surface area (Å²) in [5.74, 6) is 0.689. The molecule has 0 saturated heterocycles. The summed E-state index contributed by atoms with van der Waals surface area (Å²) in [5.41, 5.74) is 9.40. The average Bonchev–Trinajstić information content (AvgIpc) is 2.38. The molecule has 0 saturated carbocycles. The molecule has 0 radical (unpaired) electrons. The Balaban J connectivity index is 2.65. The van der Waals surface area contributed by atoms with Gasteiger partial charge in [0.15, 0.2) is 0 Å². The molecule has 1 heterocycles. The second-order valence-corrected chi connectivity index (χ2v) is 3.96. The van der Waals surface area contributed by atoms with Gasteiger partial charge in [-0.05, 0) is 36.8 Å².